The Kier molecular flexibility index (Phi) is 4.36. The lowest BCUT2D eigenvalue weighted by Crippen LogP contribution is -2.21. The van der Waals surface area contributed by atoms with Gasteiger partial charge in [0.2, 0.25) is 5.75 Å². The fraction of sp³-hybridized carbons (Fsp3) is 0.227. The van der Waals surface area contributed by atoms with Crippen molar-refractivity contribution in [3.05, 3.63) is 59.7 Å². The van der Waals surface area contributed by atoms with E-state index in [1.165, 1.54) is 0 Å². The summed E-state index contributed by atoms with van der Waals surface area (Å²) in [5, 5.41) is 2.16. The smallest absolute Gasteiger partial charge is 0.312 e. The third-order valence-electron chi connectivity index (χ3n) is 4.98. The molecule has 4 rings (SSSR count). The second kappa shape index (κ2) is 6.83. The van der Waals surface area contributed by atoms with Crippen LogP contribution in [0.5, 0.6) is 23.0 Å². The van der Waals surface area contributed by atoms with E-state index in [2.05, 4.69) is 6.07 Å². The highest BCUT2D eigenvalue weighted by Gasteiger charge is 2.33. The zero-order valence-electron chi connectivity index (χ0n) is 15.4. The second-order valence-corrected chi connectivity index (χ2v) is 6.35. The van der Waals surface area contributed by atoms with Crippen molar-refractivity contribution in [2.24, 2.45) is 0 Å². The third kappa shape index (κ3) is 2.76. The number of hydrogen-bond donors (Lipinski definition) is 0. The summed E-state index contributed by atoms with van der Waals surface area (Å²) in [7, 11) is 4.74. The van der Waals surface area contributed by atoms with Crippen LogP contribution in [0.3, 0.4) is 0 Å². The van der Waals surface area contributed by atoms with Crippen molar-refractivity contribution in [3.63, 3.8) is 0 Å². The highest BCUT2D eigenvalue weighted by molar-refractivity contribution is 5.92. The average Bonchev–Trinajstić information content (AvgIpc) is 2.71. The van der Waals surface area contributed by atoms with E-state index in [0.717, 1.165) is 21.9 Å². The van der Waals surface area contributed by atoms with Crippen LogP contribution in [0.25, 0.3) is 10.8 Å². The lowest BCUT2D eigenvalue weighted by molar-refractivity contribution is -0.135. The Bertz CT molecular complexity index is 1020. The molecule has 0 saturated carbocycles. The Morgan fingerprint density at radius 2 is 1.67 bits per heavy atom. The molecular formula is C22H20O5. The number of fused-ring (bicyclic) bond motifs is 3. The predicted octanol–water partition coefficient (Wildman–Crippen LogP) is 4.31. The van der Waals surface area contributed by atoms with Crippen molar-refractivity contribution >= 4 is 16.7 Å². The molecule has 5 nitrogen and oxygen atoms in total. The molecule has 27 heavy (non-hydrogen) atoms. The van der Waals surface area contributed by atoms with Crippen LogP contribution in [0.1, 0.15) is 23.5 Å². The molecule has 0 aromatic heterocycles. The first-order chi connectivity index (χ1) is 13.2. The van der Waals surface area contributed by atoms with Gasteiger partial charge in [0.25, 0.3) is 0 Å². The molecule has 1 atom stereocenters. The van der Waals surface area contributed by atoms with Crippen LogP contribution in [0.2, 0.25) is 0 Å². The van der Waals surface area contributed by atoms with Gasteiger partial charge >= 0.3 is 5.97 Å². The fourth-order valence-electron chi connectivity index (χ4n) is 3.82. The van der Waals surface area contributed by atoms with E-state index in [9.17, 15) is 4.79 Å². The zero-order chi connectivity index (χ0) is 19.0. The number of esters is 1. The largest absolute Gasteiger partial charge is 0.493 e. The number of carbonyl (C=O) groups is 1. The van der Waals surface area contributed by atoms with Crippen LogP contribution >= 0.6 is 0 Å². The minimum absolute atomic E-state index is 0.206. The van der Waals surface area contributed by atoms with E-state index < -0.39 is 0 Å². The van der Waals surface area contributed by atoms with Gasteiger partial charge in [0.1, 0.15) is 5.75 Å². The maximum Gasteiger partial charge on any atom is 0.312 e. The van der Waals surface area contributed by atoms with E-state index in [1.807, 2.05) is 42.5 Å². The first kappa shape index (κ1) is 17.2. The summed E-state index contributed by atoms with van der Waals surface area (Å²) in [6, 6.07) is 15.7. The maximum atomic E-state index is 12.3. The lowest BCUT2D eigenvalue weighted by atomic mass is 9.83. The van der Waals surface area contributed by atoms with Crippen LogP contribution in [-0.4, -0.2) is 27.3 Å². The molecule has 3 aromatic carbocycles. The first-order valence-corrected chi connectivity index (χ1v) is 8.69. The number of benzene rings is 3. The molecule has 1 aliphatic heterocycles. The maximum absolute atomic E-state index is 12.3. The SMILES string of the molecule is COc1ccc(C2CC(=O)Oc3ccc4ccccc4c32)c(OC)c1OC. The van der Waals surface area contributed by atoms with Gasteiger partial charge in [-0.25, -0.2) is 0 Å². The van der Waals surface area contributed by atoms with Crippen LogP contribution in [0, 0.1) is 0 Å². The number of hydrogen-bond acceptors (Lipinski definition) is 5. The number of ether oxygens (including phenoxy) is 4. The molecule has 1 unspecified atom stereocenters. The zero-order valence-corrected chi connectivity index (χ0v) is 15.4. The van der Waals surface area contributed by atoms with Gasteiger partial charge in [0.15, 0.2) is 11.5 Å². The molecule has 5 heteroatoms. The molecule has 0 bridgehead atoms. The molecule has 0 aliphatic carbocycles. The molecular weight excluding hydrogens is 344 g/mol. The fourth-order valence-corrected chi connectivity index (χ4v) is 3.82. The summed E-state index contributed by atoms with van der Waals surface area (Å²) >= 11 is 0. The Labute approximate surface area is 157 Å². The van der Waals surface area contributed by atoms with Crippen molar-refractivity contribution in [2.45, 2.75) is 12.3 Å². The summed E-state index contributed by atoms with van der Waals surface area (Å²) < 4.78 is 22.1. The standard InChI is InChI=1S/C22H20O5/c1-24-18-11-9-15(21(25-2)22(18)26-3)16-12-19(23)27-17-10-8-13-6-4-5-7-14(13)20(16)17/h4-11,16H,12H2,1-3H3. The monoisotopic (exact) mass is 364 g/mol. The van der Waals surface area contributed by atoms with Crippen LogP contribution in [0.15, 0.2) is 48.5 Å². The van der Waals surface area contributed by atoms with Gasteiger partial charge in [-0.15, -0.1) is 0 Å². The van der Waals surface area contributed by atoms with Crippen molar-refractivity contribution in [3.8, 4) is 23.0 Å². The summed E-state index contributed by atoms with van der Waals surface area (Å²) in [6.07, 6.45) is 0.229. The molecule has 0 spiro atoms. The summed E-state index contributed by atoms with van der Waals surface area (Å²) in [4.78, 5) is 12.3. The van der Waals surface area contributed by atoms with E-state index in [4.69, 9.17) is 18.9 Å². The molecule has 0 amide bonds. The van der Waals surface area contributed by atoms with Gasteiger partial charge in [-0.2, -0.15) is 0 Å². The topological polar surface area (TPSA) is 54.0 Å². The van der Waals surface area contributed by atoms with Gasteiger partial charge in [-0.3, -0.25) is 4.79 Å². The van der Waals surface area contributed by atoms with Gasteiger partial charge in [0.05, 0.1) is 27.8 Å². The van der Waals surface area contributed by atoms with Gasteiger partial charge in [0, 0.05) is 17.0 Å². The molecule has 138 valence electrons. The van der Waals surface area contributed by atoms with E-state index >= 15 is 0 Å². The number of rotatable bonds is 4. The summed E-state index contributed by atoms with van der Waals surface area (Å²) in [6.45, 7) is 0. The lowest BCUT2D eigenvalue weighted by Gasteiger charge is -2.28. The van der Waals surface area contributed by atoms with Crippen LogP contribution < -0.4 is 18.9 Å². The summed E-state index contributed by atoms with van der Waals surface area (Å²) in [5.41, 5.74) is 1.85. The van der Waals surface area contributed by atoms with Crippen LogP contribution in [-0.2, 0) is 4.79 Å². The summed E-state index contributed by atoms with van der Waals surface area (Å²) in [5.74, 6) is 1.77. The second-order valence-electron chi connectivity index (χ2n) is 6.35. The van der Waals surface area contributed by atoms with E-state index in [1.54, 1.807) is 21.3 Å². The van der Waals surface area contributed by atoms with Gasteiger partial charge in [-0.1, -0.05) is 36.4 Å². The van der Waals surface area contributed by atoms with Crippen LogP contribution in [0.4, 0.5) is 0 Å². The Balaban J connectivity index is 1.99. The van der Waals surface area contributed by atoms with Crippen molar-refractivity contribution in [2.75, 3.05) is 21.3 Å². The predicted molar refractivity (Wildman–Crippen MR) is 102 cm³/mol. The van der Waals surface area contributed by atoms with Crippen molar-refractivity contribution < 1.29 is 23.7 Å². The number of methoxy groups -OCH3 is 3. The number of carbonyl (C=O) groups excluding carboxylic acids is 1. The highest BCUT2D eigenvalue weighted by Crippen LogP contribution is 2.49. The van der Waals surface area contributed by atoms with E-state index in [-0.39, 0.29) is 18.3 Å². The Morgan fingerprint density at radius 3 is 2.41 bits per heavy atom. The van der Waals surface area contributed by atoms with E-state index in [0.29, 0.717) is 23.0 Å². The van der Waals surface area contributed by atoms with Crippen molar-refractivity contribution in [1.82, 2.24) is 0 Å². The quantitative estimate of drug-likeness (QED) is 0.510. The molecule has 0 radical (unpaired) electrons. The van der Waals surface area contributed by atoms with Gasteiger partial charge in [-0.05, 0) is 22.9 Å². The molecule has 3 aromatic rings. The Morgan fingerprint density at radius 1 is 0.889 bits per heavy atom. The molecule has 1 aliphatic rings. The minimum atomic E-state index is -0.264. The minimum Gasteiger partial charge on any atom is -0.493 e. The molecule has 0 saturated heterocycles. The first-order valence-electron chi connectivity index (χ1n) is 8.69. The normalized spacial score (nSPS) is 15.8. The van der Waals surface area contributed by atoms with Gasteiger partial charge < -0.3 is 18.9 Å². The average molecular weight is 364 g/mol. The molecule has 0 fully saturated rings. The third-order valence-corrected chi connectivity index (χ3v) is 4.98. The molecule has 1 heterocycles. The highest BCUT2D eigenvalue weighted by atomic mass is 16.5. The Hall–Kier alpha value is -3.21. The van der Waals surface area contributed by atoms with Crippen molar-refractivity contribution in [1.29, 1.82) is 0 Å². The molecule has 0 N–H and O–H groups in total.